The summed E-state index contributed by atoms with van der Waals surface area (Å²) in [5.41, 5.74) is 8.26. The first-order valence-electron chi connectivity index (χ1n) is 14.0. The summed E-state index contributed by atoms with van der Waals surface area (Å²) in [4.78, 5) is 25.3. The van der Waals surface area contributed by atoms with Crippen LogP contribution in [0.2, 0.25) is 0 Å². The van der Waals surface area contributed by atoms with E-state index in [-0.39, 0.29) is 5.54 Å². The Morgan fingerprint density at radius 3 is 2.49 bits per heavy atom. The van der Waals surface area contributed by atoms with Gasteiger partial charge in [-0.15, -0.1) is 11.3 Å². The maximum Gasteiger partial charge on any atom is 0.207 e. The number of rotatable bonds is 10. The Balaban J connectivity index is 1.14. The average molecular weight is 541 g/mol. The van der Waals surface area contributed by atoms with Gasteiger partial charge in [0.25, 0.3) is 0 Å². The van der Waals surface area contributed by atoms with Gasteiger partial charge in [-0.2, -0.15) is 0 Å². The molecular weight excluding hydrogens is 504 g/mol. The van der Waals surface area contributed by atoms with Crippen LogP contribution in [0.25, 0.3) is 10.2 Å². The van der Waals surface area contributed by atoms with Gasteiger partial charge in [0, 0.05) is 37.6 Å². The van der Waals surface area contributed by atoms with Gasteiger partial charge in [-0.05, 0) is 91.1 Å². The molecule has 202 valence electrons. The number of anilines is 3. The van der Waals surface area contributed by atoms with Crippen LogP contribution < -0.4 is 15.5 Å². The molecule has 7 nitrogen and oxygen atoms in total. The molecule has 2 aromatic carbocycles. The second-order valence-electron chi connectivity index (χ2n) is 10.7. The molecule has 8 heteroatoms. The van der Waals surface area contributed by atoms with Crippen molar-refractivity contribution in [1.82, 2.24) is 20.2 Å². The van der Waals surface area contributed by atoms with Gasteiger partial charge in [0.15, 0.2) is 5.82 Å². The Kier molecular flexibility index (Phi) is 7.23. The smallest absolute Gasteiger partial charge is 0.207 e. The van der Waals surface area contributed by atoms with E-state index >= 15 is 0 Å². The number of carbonyl (C=O) groups is 1. The molecule has 0 atom stereocenters. The van der Waals surface area contributed by atoms with Gasteiger partial charge in [0.05, 0.1) is 15.8 Å². The molecule has 0 unspecified atom stereocenters. The highest BCUT2D eigenvalue weighted by Gasteiger charge is 2.44. The van der Waals surface area contributed by atoms with Gasteiger partial charge >= 0.3 is 0 Å². The summed E-state index contributed by atoms with van der Waals surface area (Å²) in [6.07, 6.45) is 6.36. The topological polar surface area (TPSA) is 73.4 Å². The van der Waals surface area contributed by atoms with E-state index in [1.807, 2.05) is 0 Å². The normalized spacial score (nSPS) is 16.8. The maximum absolute atomic E-state index is 11.1. The molecule has 2 fully saturated rings. The number of aryl methyl sites for hydroxylation is 3. The minimum atomic E-state index is -0.157. The summed E-state index contributed by atoms with van der Waals surface area (Å²) in [5, 5.41) is 8.78. The molecule has 2 aromatic heterocycles. The summed E-state index contributed by atoms with van der Waals surface area (Å²) < 4.78 is 1.09. The molecule has 4 aromatic rings. The van der Waals surface area contributed by atoms with Crippen molar-refractivity contribution in [2.45, 2.75) is 45.1 Å². The van der Waals surface area contributed by atoms with Gasteiger partial charge in [-0.25, -0.2) is 9.97 Å². The maximum atomic E-state index is 11.1. The lowest BCUT2D eigenvalue weighted by Gasteiger charge is -2.35. The lowest BCUT2D eigenvalue weighted by Crippen LogP contribution is -2.46. The standard InChI is InChI=1S/C31H36N6OS/c1-3-36-14-16-37(17-15-36)27-10-8-26(9-11-27)35-30-29-28(32-20-33-30)24(19-39-29)6-5-23-18-25(7-4-22(23)2)31(12-13-31)34-21-38/h4,7-11,18-21H,3,5-6,12-17H2,1-2H3,(H,34,38)(H,32,33,35). The molecule has 1 saturated heterocycles. The molecule has 1 aliphatic heterocycles. The molecule has 0 spiro atoms. The SMILES string of the molecule is CCN1CCN(c2ccc(Nc3ncnc4c(CCc5cc(C6(NC=O)CC6)ccc5C)csc34)cc2)CC1. The van der Waals surface area contributed by atoms with Crippen LogP contribution in [0.3, 0.4) is 0 Å². The predicted molar refractivity (Wildman–Crippen MR) is 160 cm³/mol. The number of carbonyl (C=O) groups excluding carboxylic acids is 1. The Bertz CT molecular complexity index is 1450. The molecular formula is C31H36N6OS. The first kappa shape index (κ1) is 25.8. The fourth-order valence-corrected chi connectivity index (χ4v) is 6.64. The largest absolute Gasteiger partial charge is 0.369 e. The summed E-state index contributed by atoms with van der Waals surface area (Å²) >= 11 is 1.70. The molecule has 2 aliphatic rings. The van der Waals surface area contributed by atoms with Gasteiger partial charge in [-0.1, -0.05) is 25.1 Å². The molecule has 1 saturated carbocycles. The number of piperazine rings is 1. The molecule has 2 N–H and O–H groups in total. The lowest BCUT2D eigenvalue weighted by molar-refractivity contribution is -0.110. The first-order chi connectivity index (χ1) is 19.1. The molecule has 0 bridgehead atoms. The Morgan fingerprint density at radius 2 is 1.77 bits per heavy atom. The van der Waals surface area contributed by atoms with Crippen LogP contribution in [0, 0.1) is 6.92 Å². The second-order valence-corrected chi connectivity index (χ2v) is 11.6. The van der Waals surface area contributed by atoms with E-state index in [1.165, 1.54) is 27.9 Å². The van der Waals surface area contributed by atoms with E-state index in [1.54, 1.807) is 17.7 Å². The summed E-state index contributed by atoms with van der Waals surface area (Å²) in [6.45, 7) is 9.92. The summed E-state index contributed by atoms with van der Waals surface area (Å²) in [5.74, 6) is 0.856. The van der Waals surface area contributed by atoms with Gasteiger partial charge in [0.1, 0.15) is 6.33 Å². The van der Waals surface area contributed by atoms with Crippen LogP contribution in [0.15, 0.2) is 54.2 Å². The minimum absolute atomic E-state index is 0.157. The number of thiophene rings is 1. The third-order valence-corrected chi connectivity index (χ3v) is 9.42. The predicted octanol–water partition coefficient (Wildman–Crippen LogP) is 5.41. The van der Waals surface area contributed by atoms with Crippen molar-refractivity contribution >= 4 is 45.2 Å². The number of benzene rings is 2. The number of fused-ring (bicyclic) bond motifs is 1. The van der Waals surface area contributed by atoms with Crippen molar-refractivity contribution in [3.8, 4) is 0 Å². The minimum Gasteiger partial charge on any atom is -0.369 e. The van der Waals surface area contributed by atoms with Crippen molar-refractivity contribution in [3.05, 3.63) is 76.4 Å². The number of nitrogens with one attached hydrogen (secondary N) is 2. The molecule has 1 aliphatic carbocycles. The number of nitrogens with zero attached hydrogens (tertiary/aromatic N) is 4. The van der Waals surface area contributed by atoms with E-state index in [0.717, 1.165) is 86.5 Å². The zero-order valence-corrected chi connectivity index (χ0v) is 23.6. The molecule has 6 rings (SSSR count). The number of hydrogen-bond acceptors (Lipinski definition) is 7. The highest BCUT2D eigenvalue weighted by molar-refractivity contribution is 7.18. The van der Waals surface area contributed by atoms with Crippen LogP contribution in [-0.2, 0) is 23.2 Å². The Labute approximate surface area is 234 Å². The Hall–Kier alpha value is -3.49. The van der Waals surface area contributed by atoms with Crippen LogP contribution in [0.1, 0.15) is 42.0 Å². The fourth-order valence-electron chi connectivity index (χ4n) is 5.64. The number of amides is 1. The van der Waals surface area contributed by atoms with Crippen LogP contribution in [-0.4, -0.2) is 54.0 Å². The fraction of sp³-hybridized carbons (Fsp3) is 0.387. The molecule has 3 heterocycles. The van der Waals surface area contributed by atoms with Crippen LogP contribution in [0.5, 0.6) is 0 Å². The summed E-state index contributed by atoms with van der Waals surface area (Å²) in [6, 6.07) is 15.3. The Morgan fingerprint density at radius 1 is 1.00 bits per heavy atom. The van der Waals surface area contributed by atoms with Gasteiger partial charge < -0.3 is 20.4 Å². The first-order valence-corrected chi connectivity index (χ1v) is 14.8. The second kappa shape index (κ2) is 10.9. The van der Waals surface area contributed by atoms with E-state index in [2.05, 4.69) is 92.1 Å². The van der Waals surface area contributed by atoms with E-state index in [9.17, 15) is 4.79 Å². The van der Waals surface area contributed by atoms with Crippen molar-refractivity contribution in [1.29, 1.82) is 0 Å². The monoisotopic (exact) mass is 540 g/mol. The van der Waals surface area contributed by atoms with Gasteiger partial charge in [-0.3, -0.25) is 4.79 Å². The molecule has 1 amide bonds. The van der Waals surface area contributed by atoms with E-state index in [0.29, 0.717) is 0 Å². The average Bonchev–Trinajstić information content (AvgIpc) is 3.64. The number of hydrogen-bond donors (Lipinski definition) is 2. The molecule has 0 radical (unpaired) electrons. The molecule has 39 heavy (non-hydrogen) atoms. The van der Waals surface area contributed by atoms with Crippen LogP contribution in [0.4, 0.5) is 17.2 Å². The third-order valence-electron chi connectivity index (χ3n) is 8.39. The van der Waals surface area contributed by atoms with E-state index < -0.39 is 0 Å². The third kappa shape index (κ3) is 5.36. The van der Waals surface area contributed by atoms with Gasteiger partial charge in [0.2, 0.25) is 6.41 Å². The van der Waals surface area contributed by atoms with Crippen molar-refractivity contribution in [3.63, 3.8) is 0 Å². The van der Waals surface area contributed by atoms with Crippen molar-refractivity contribution in [2.24, 2.45) is 0 Å². The zero-order valence-electron chi connectivity index (χ0n) is 22.7. The zero-order chi connectivity index (χ0) is 26.8. The number of aromatic nitrogens is 2. The van der Waals surface area contributed by atoms with E-state index in [4.69, 9.17) is 0 Å². The quantitative estimate of drug-likeness (QED) is 0.262. The number of likely N-dealkylation sites (N-methyl/N-ethyl adjacent to an activating group) is 1. The van der Waals surface area contributed by atoms with Crippen molar-refractivity contribution < 1.29 is 4.79 Å². The van der Waals surface area contributed by atoms with Crippen LogP contribution >= 0.6 is 11.3 Å². The highest BCUT2D eigenvalue weighted by Crippen LogP contribution is 2.45. The highest BCUT2D eigenvalue weighted by atomic mass is 32.1. The van der Waals surface area contributed by atoms with Crippen molar-refractivity contribution in [2.75, 3.05) is 42.9 Å². The summed E-state index contributed by atoms with van der Waals surface area (Å²) in [7, 11) is 0. The lowest BCUT2D eigenvalue weighted by atomic mass is 9.95.